The van der Waals surface area contributed by atoms with Crippen LogP contribution in [0, 0.1) is 0 Å². The summed E-state index contributed by atoms with van der Waals surface area (Å²) in [6.07, 6.45) is 3.08. The van der Waals surface area contributed by atoms with E-state index in [1.165, 1.54) is 0 Å². The van der Waals surface area contributed by atoms with E-state index in [0.29, 0.717) is 25.3 Å². The van der Waals surface area contributed by atoms with Crippen molar-refractivity contribution in [2.45, 2.75) is 25.8 Å². The molecule has 1 fully saturated rings. The molecule has 2 aromatic rings. The number of benzene rings is 1. The molecule has 3 rings (SSSR count). The highest BCUT2D eigenvalue weighted by Gasteiger charge is 2.24. The van der Waals surface area contributed by atoms with E-state index in [1.54, 1.807) is 11.8 Å². The number of fused-ring (bicyclic) bond motifs is 1. The van der Waals surface area contributed by atoms with E-state index >= 15 is 0 Å². The number of hydrogen-bond donors (Lipinski definition) is 2. The molecular weight excluding hydrogens is 294 g/mol. The lowest BCUT2D eigenvalue weighted by Gasteiger charge is -2.31. The number of nitrogens with one attached hydrogen (secondary N) is 2. The molecule has 0 saturated carbocycles. The van der Waals surface area contributed by atoms with Crippen molar-refractivity contribution in [2.24, 2.45) is 0 Å². The Morgan fingerprint density at radius 1 is 1.30 bits per heavy atom. The standard InChI is InChI=1S/C17H21N3O3/c1-2-23-17(22)20-9-6-14(7-10-20)19-16(21)13-4-3-12-5-8-18-15(12)11-13/h3-5,8,11,14,18H,2,6-7,9-10H2,1H3,(H,19,21). The fourth-order valence-corrected chi connectivity index (χ4v) is 2.88. The van der Waals surface area contributed by atoms with Gasteiger partial charge in [0.25, 0.3) is 5.91 Å². The van der Waals surface area contributed by atoms with E-state index in [-0.39, 0.29) is 18.0 Å². The van der Waals surface area contributed by atoms with Gasteiger partial charge in [0.1, 0.15) is 0 Å². The van der Waals surface area contributed by atoms with E-state index in [1.807, 2.05) is 30.5 Å². The topological polar surface area (TPSA) is 74.4 Å². The quantitative estimate of drug-likeness (QED) is 0.914. The number of aromatic amines is 1. The maximum Gasteiger partial charge on any atom is 0.409 e. The Bertz CT molecular complexity index is 702. The fraction of sp³-hybridized carbons (Fsp3) is 0.412. The van der Waals surface area contributed by atoms with E-state index in [9.17, 15) is 9.59 Å². The lowest BCUT2D eigenvalue weighted by molar-refractivity contribution is 0.0860. The first-order valence-electron chi connectivity index (χ1n) is 7.97. The normalized spacial score (nSPS) is 15.6. The van der Waals surface area contributed by atoms with Crippen LogP contribution in [0.3, 0.4) is 0 Å². The molecule has 122 valence electrons. The monoisotopic (exact) mass is 315 g/mol. The molecule has 0 atom stereocenters. The molecule has 1 aliphatic rings. The average Bonchev–Trinajstić information content (AvgIpc) is 3.03. The molecule has 6 nitrogen and oxygen atoms in total. The summed E-state index contributed by atoms with van der Waals surface area (Å²) < 4.78 is 5.00. The van der Waals surface area contributed by atoms with Crippen LogP contribution >= 0.6 is 0 Å². The highest BCUT2D eigenvalue weighted by molar-refractivity contribution is 5.98. The fourth-order valence-electron chi connectivity index (χ4n) is 2.88. The number of likely N-dealkylation sites (tertiary alicyclic amines) is 1. The lowest BCUT2D eigenvalue weighted by Crippen LogP contribution is -2.46. The molecular formula is C17H21N3O3. The second kappa shape index (κ2) is 6.73. The first-order chi connectivity index (χ1) is 11.2. The van der Waals surface area contributed by atoms with Gasteiger partial charge in [-0.15, -0.1) is 0 Å². The molecule has 0 spiro atoms. The molecule has 0 radical (unpaired) electrons. The number of H-pyrrole nitrogens is 1. The number of piperidine rings is 1. The highest BCUT2D eigenvalue weighted by atomic mass is 16.6. The first-order valence-corrected chi connectivity index (χ1v) is 7.97. The van der Waals surface area contributed by atoms with Crippen LogP contribution in [-0.2, 0) is 4.74 Å². The first kappa shape index (κ1) is 15.4. The Hall–Kier alpha value is -2.50. The number of ether oxygens (including phenoxy) is 1. The van der Waals surface area contributed by atoms with Gasteiger partial charge >= 0.3 is 6.09 Å². The predicted molar refractivity (Wildman–Crippen MR) is 87.4 cm³/mol. The average molecular weight is 315 g/mol. The summed E-state index contributed by atoms with van der Waals surface area (Å²) in [5.74, 6) is -0.0731. The smallest absolute Gasteiger partial charge is 0.409 e. The van der Waals surface area contributed by atoms with Gasteiger partial charge in [-0.2, -0.15) is 0 Å². The minimum Gasteiger partial charge on any atom is -0.450 e. The van der Waals surface area contributed by atoms with E-state index in [0.717, 1.165) is 23.7 Å². The Labute approximate surface area is 134 Å². The zero-order chi connectivity index (χ0) is 16.2. The van der Waals surface area contributed by atoms with Crippen LogP contribution in [0.5, 0.6) is 0 Å². The summed E-state index contributed by atoms with van der Waals surface area (Å²) in [6, 6.07) is 7.69. The molecule has 1 aliphatic heterocycles. The van der Waals surface area contributed by atoms with Gasteiger partial charge in [-0.25, -0.2) is 4.79 Å². The third kappa shape index (κ3) is 3.47. The summed E-state index contributed by atoms with van der Waals surface area (Å²) >= 11 is 0. The molecule has 23 heavy (non-hydrogen) atoms. The van der Waals surface area contributed by atoms with Gasteiger partial charge in [0.05, 0.1) is 6.61 Å². The molecule has 6 heteroatoms. The maximum atomic E-state index is 12.4. The van der Waals surface area contributed by atoms with Crippen molar-refractivity contribution >= 4 is 22.9 Å². The molecule has 1 saturated heterocycles. The Balaban J connectivity index is 1.55. The van der Waals surface area contributed by atoms with Gasteiger partial charge in [0, 0.05) is 36.4 Å². The van der Waals surface area contributed by atoms with Crippen molar-refractivity contribution in [1.82, 2.24) is 15.2 Å². The predicted octanol–water partition coefficient (Wildman–Crippen LogP) is 2.52. The van der Waals surface area contributed by atoms with E-state index < -0.39 is 0 Å². The summed E-state index contributed by atoms with van der Waals surface area (Å²) in [7, 11) is 0. The second-order valence-corrected chi connectivity index (χ2v) is 5.71. The molecule has 1 aromatic carbocycles. The SMILES string of the molecule is CCOC(=O)N1CCC(NC(=O)c2ccc3cc[nH]c3c2)CC1. The largest absolute Gasteiger partial charge is 0.450 e. The van der Waals surface area contributed by atoms with Crippen LogP contribution in [0.25, 0.3) is 10.9 Å². The van der Waals surface area contributed by atoms with Crippen LogP contribution in [-0.4, -0.2) is 47.6 Å². The number of nitrogens with zero attached hydrogens (tertiary/aromatic N) is 1. The van der Waals surface area contributed by atoms with E-state index in [2.05, 4.69) is 10.3 Å². The summed E-state index contributed by atoms with van der Waals surface area (Å²) in [6.45, 7) is 3.40. The summed E-state index contributed by atoms with van der Waals surface area (Å²) in [5, 5.41) is 4.14. The van der Waals surface area contributed by atoms with Gasteiger partial charge in [0.15, 0.2) is 0 Å². The van der Waals surface area contributed by atoms with Crippen molar-refractivity contribution in [1.29, 1.82) is 0 Å². The Kier molecular flexibility index (Phi) is 4.50. The van der Waals surface area contributed by atoms with Gasteiger partial charge < -0.3 is 19.9 Å². The third-order valence-electron chi connectivity index (χ3n) is 4.17. The van der Waals surface area contributed by atoms with Crippen LogP contribution in [0.1, 0.15) is 30.1 Å². The number of rotatable bonds is 3. The number of carbonyl (C=O) groups is 2. The van der Waals surface area contributed by atoms with Gasteiger partial charge in [-0.3, -0.25) is 4.79 Å². The second-order valence-electron chi connectivity index (χ2n) is 5.71. The minimum atomic E-state index is -0.269. The third-order valence-corrected chi connectivity index (χ3v) is 4.17. The number of amides is 2. The molecule has 1 aromatic heterocycles. The van der Waals surface area contributed by atoms with Gasteiger partial charge in [0.2, 0.25) is 0 Å². The van der Waals surface area contributed by atoms with Gasteiger partial charge in [-0.05, 0) is 43.4 Å². The van der Waals surface area contributed by atoms with Crippen molar-refractivity contribution in [3.05, 3.63) is 36.0 Å². The van der Waals surface area contributed by atoms with Crippen LogP contribution in [0.4, 0.5) is 4.79 Å². The molecule has 0 bridgehead atoms. The van der Waals surface area contributed by atoms with Crippen LogP contribution < -0.4 is 5.32 Å². The van der Waals surface area contributed by atoms with E-state index in [4.69, 9.17) is 4.74 Å². The zero-order valence-corrected chi connectivity index (χ0v) is 13.2. The van der Waals surface area contributed by atoms with Crippen molar-refractivity contribution < 1.29 is 14.3 Å². The van der Waals surface area contributed by atoms with Crippen LogP contribution in [0.2, 0.25) is 0 Å². The lowest BCUT2D eigenvalue weighted by atomic mass is 10.0. The molecule has 0 aliphatic carbocycles. The summed E-state index contributed by atoms with van der Waals surface area (Å²) in [4.78, 5) is 28.8. The zero-order valence-electron chi connectivity index (χ0n) is 13.2. The van der Waals surface area contributed by atoms with Crippen molar-refractivity contribution in [3.8, 4) is 0 Å². The molecule has 2 N–H and O–H groups in total. The molecule has 2 amide bonds. The Morgan fingerprint density at radius 3 is 2.83 bits per heavy atom. The van der Waals surface area contributed by atoms with Crippen LogP contribution in [0.15, 0.2) is 30.5 Å². The number of hydrogen-bond acceptors (Lipinski definition) is 3. The van der Waals surface area contributed by atoms with Gasteiger partial charge in [-0.1, -0.05) is 6.07 Å². The minimum absolute atomic E-state index is 0.0731. The maximum absolute atomic E-state index is 12.4. The molecule has 2 heterocycles. The molecule has 0 unspecified atom stereocenters. The van der Waals surface area contributed by atoms with Crippen molar-refractivity contribution in [3.63, 3.8) is 0 Å². The number of carbonyl (C=O) groups excluding carboxylic acids is 2. The Morgan fingerprint density at radius 2 is 2.09 bits per heavy atom. The summed E-state index contributed by atoms with van der Waals surface area (Å²) in [5.41, 5.74) is 1.60. The highest BCUT2D eigenvalue weighted by Crippen LogP contribution is 2.16. The number of aromatic nitrogens is 1. The van der Waals surface area contributed by atoms with Crippen molar-refractivity contribution in [2.75, 3.05) is 19.7 Å².